The summed E-state index contributed by atoms with van der Waals surface area (Å²) >= 11 is 0. The molecule has 0 spiro atoms. The van der Waals surface area contributed by atoms with E-state index in [2.05, 4.69) is 0 Å². The molecule has 3 aromatic carbocycles. The van der Waals surface area contributed by atoms with Crippen molar-refractivity contribution < 1.29 is 41.2 Å². The molecule has 0 atom stereocenters. The number of pyridine rings is 1. The fourth-order valence-corrected chi connectivity index (χ4v) is 5.36. The standard InChI is InChI=1S/C32H33NO8S/c34-42(35,36)32-8-4-1-5-27(32)24-33-14-13-26(28-6-2-3-7-29(28)33)11-9-25-10-12-30-31(23-25)41-22-20-39-18-16-37-15-17-38-19-21-40-30/h1-14,23H,15-22,24H2/b11-9+. The topological polar surface area (TPSA) is 107 Å². The van der Waals surface area contributed by atoms with Crippen molar-refractivity contribution in [3.63, 3.8) is 0 Å². The van der Waals surface area contributed by atoms with Crippen molar-refractivity contribution in [1.82, 2.24) is 0 Å². The number of rotatable bonds is 5. The third kappa shape index (κ3) is 7.93. The van der Waals surface area contributed by atoms with Crippen molar-refractivity contribution in [2.24, 2.45) is 0 Å². The first-order valence-electron chi connectivity index (χ1n) is 13.7. The number of hydrogen-bond acceptors (Lipinski definition) is 8. The first-order valence-corrected chi connectivity index (χ1v) is 15.2. The van der Waals surface area contributed by atoms with Crippen LogP contribution in [0.15, 0.2) is 83.9 Å². The van der Waals surface area contributed by atoms with Gasteiger partial charge in [-0.3, -0.25) is 0 Å². The highest BCUT2D eigenvalue weighted by Crippen LogP contribution is 2.30. The van der Waals surface area contributed by atoms with Gasteiger partial charge in [0.15, 0.2) is 24.2 Å². The van der Waals surface area contributed by atoms with Crippen molar-refractivity contribution in [2.45, 2.75) is 11.4 Å². The molecule has 42 heavy (non-hydrogen) atoms. The first kappa shape index (κ1) is 29.7. The number of hydrogen-bond donors (Lipinski definition) is 0. The summed E-state index contributed by atoms with van der Waals surface area (Å²) in [4.78, 5) is -0.206. The normalized spacial score (nSPS) is 15.7. The third-order valence-corrected chi connectivity index (χ3v) is 7.62. The van der Waals surface area contributed by atoms with Crippen molar-refractivity contribution in [3.8, 4) is 11.5 Å². The molecule has 0 saturated heterocycles. The van der Waals surface area contributed by atoms with Crippen molar-refractivity contribution in [1.29, 1.82) is 0 Å². The summed E-state index contributed by atoms with van der Waals surface area (Å²) in [6.45, 7) is 3.90. The largest absolute Gasteiger partial charge is 0.744 e. The second-order valence-electron chi connectivity index (χ2n) is 9.55. The van der Waals surface area contributed by atoms with E-state index in [4.69, 9.17) is 23.7 Å². The number of aromatic nitrogens is 1. The first-order chi connectivity index (χ1) is 20.5. The average molecular weight is 592 g/mol. The molecule has 0 aliphatic carbocycles. The van der Waals surface area contributed by atoms with Gasteiger partial charge >= 0.3 is 0 Å². The Morgan fingerprint density at radius 3 is 2.10 bits per heavy atom. The molecular formula is C32H33NO8S. The second kappa shape index (κ2) is 14.4. The molecule has 1 aliphatic rings. The van der Waals surface area contributed by atoms with E-state index in [1.54, 1.807) is 18.2 Å². The van der Waals surface area contributed by atoms with Crippen LogP contribution in [0.25, 0.3) is 23.1 Å². The lowest BCUT2D eigenvalue weighted by atomic mass is 10.1. The zero-order chi connectivity index (χ0) is 29.2. The van der Waals surface area contributed by atoms with Gasteiger partial charge in [0, 0.05) is 17.7 Å². The Kier molecular flexibility index (Phi) is 10.2. The smallest absolute Gasteiger partial charge is 0.213 e. The van der Waals surface area contributed by atoms with Crippen LogP contribution in [0.2, 0.25) is 0 Å². The van der Waals surface area contributed by atoms with Crippen LogP contribution in [0.5, 0.6) is 11.5 Å². The van der Waals surface area contributed by atoms with Crippen LogP contribution in [0.1, 0.15) is 16.7 Å². The van der Waals surface area contributed by atoms with Crippen LogP contribution in [-0.4, -0.2) is 65.8 Å². The van der Waals surface area contributed by atoms with Gasteiger partial charge in [0.1, 0.15) is 23.3 Å². The molecule has 9 nitrogen and oxygen atoms in total. The molecule has 2 heterocycles. The summed E-state index contributed by atoms with van der Waals surface area (Å²) in [5.74, 6) is 1.25. The number of para-hydroxylation sites is 1. The van der Waals surface area contributed by atoms with E-state index < -0.39 is 10.1 Å². The van der Waals surface area contributed by atoms with Gasteiger partial charge in [-0.2, -0.15) is 4.57 Å². The van der Waals surface area contributed by atoms with E-state index in [0.29, 0.717) is 69.9 Å². The molecule has 1 aromatic heterocycles. The van der Waals surface area contributed by atoms with Gasteiger partial charge < -0.3 is 28.2 Å². The van der Waals surface area contributed by atoms with Gasteiger partial charge in [0.2, 0.25) is 5.52 Å². The van der Waals surface area contributed by atoms with E-state index >= 15 is 0 Å². The van der Waals surface area contributed by atoms with E-state index in [1.165, 1.54) is 6.07 Å². The highest BCUT2D eigenvalue weighted by molar-refractivity contribution is 7.85. The molecule has 0 N–H and O–H groups in total. The molecule has 0 bridgehead atoms. The van der Waals surface area contributed by atoms with Gasteiger partial charge in [-0.15, -0.1) is 0 Å². The average Bonchev–Trinajstić information content (AvgIpc) is 3.00. The SMILES string of the molecule is O=S(=O)([O-])c1ccccc1C[n+]1ccc(/C=C/c2ccc3c(c2)OCCOCCOCCOCCO3)c2ccccc21. The third-order valence-electron chi connectivity index (χ3n) is 6.68. The zero-order valence-corrected chi connectivity index (χ0v) is 24.0. The monoisotopic (exact) mass is 591 g/mol. The summed E-state index contributed by atoms with van der Waals surface area (Å²) < 4.78 is 65.8. The highest BCUT2D eigenvalue weighted by atomic mass is 32.2. The van der Waals surface area contributed by atoms with Crippen LogP contribution in [0.4, 0.5) is 0 Å². The quantitative estimate of drug-likeness (QED) is 0.253. The number of ether oxygens (including phenoxy) is 5. The fraction of sp³-hybridized carbons (Fsp3) is 0.281. The predicted molar refractivity (Wildman–Crippen MR) is 156 cm³/mol. The molecule has 0 saturated carbocycles. The Labute approximate surface area is 245 Å². The van der Waals surface area contributed by atoms with Crippen LogP contribution in [0, 0.1) is 0 Å². The molecule has 0 unspecified atom stereocenters. The molecule has 0 radical (unpaired) electrons. The second-order valence-corrected chi connectivity index (χ2v) is 10.9. The summed E-state index contributed by atoms with van der Waals surface area (Å²) in [6, 6.07) is 21.9. The van der Waals surface area contributed by atoms with Crippen molar-refractivity contribution in [2.75, 3.05) is 52.9 Å². The van der Waals surface area contributed by atoms with Crippen LogP contribution in [-0.2, 0) is 30.9 Å². The van der Waals surface area contributed by atoms with E-state index in [-0.39, 0.29) is 11.4 Å². The Morgan fingerprint density at radius 1 is 0.714 bits per heavy atom. The molecule has 4 aromatic rings. The lowest BCUT2D eigenvalue weighted by Gasteiger charge is -2.13. The minimum absolute atomic E-state index is 0.206. The van der Waals surface area contributed by atoms with Gasteiger partial charge in [-0.05, 0) is 35.4 Å². The van der Waals surface area contributed by atoms with Crippen LogP contribution >= 0.6 is 0 Å². The Balaban J connectivity index is 1.38. The zero-order valence-electron chi connectivity index (χ0n) is 23.1. The van der Waals surface area contributed by atoms with E-state index in [0.717, 1.165) is 22.0 Å². The van der Waals surface area contributed by atoms with Crippen LogP contribution in [0.3, 0.4) is 0 Å². The van der Waals surface area contributed by atoms with E-state index in [1.807, 2.05) is 71.4 Å². The minimum atomic E-state index is -4.59. The molecule has 5 rings (SSSR count). The highest BCUT2D eigenvalue weighted by Gasteiger charge is 2.16. The molecule has 220 valence electrons. The number of fused-ring (bicyclic) bond motifs is 2. The molecule has 1 aliphatic heterocycles. The Hall–Kier alpha value is -3.80. The van der Waals surface area contributed by atoms with E-state index in [9.17, 15) is 13.0 Å². The van der Waals surface area contributed by atoms with Crippen molar-refractivity contribution >= 4 is 33.2 Å². The minimum Gasteiger partial charge on any atom is -0.744 e. The maximum absolute atomic E-state index is 11.8. The Morgan fingerprint density at radius 2 is 1.36 bits per heavy atom. The summed E-state index contributed by atoms with van der Waals surface area (Å²) in [5.41, 5.74) is 3.25. The molecule has 0 amide bonds. The van der Waals surface area contributed by atoms with Crippen molar-refractivity contribution in [3.05, 3.63) is 95.7 Å². The van der Waals surface area contributed by atoms with Gasteiger partial charge in [-0.25, -0.2) is 8.42 Å². The predicted octanol–water partition coefficient (Wildman–Crippen LogP) is 4.07. The molecule has 0 fully saturated rings. The molecule has 10 heteroatoms. The molecular weight excluding hydrogens is 558 g/mol. The summed E-state index contributed by atoms with van der Waals surface area (Å²) in [7, 11) is -4.59. The summed E-state index contributed by atoms with van der Waals surface area (Å²) in [6.07, 6.45) is 5.92. The van der Waals surface area contributed by atoms with Gasteiger partial charge in [0.25, 0.3) is 0 Å². The van der Waals surface area contributed by atoms with Crippen LogP contribution < -0.4 is 14.0 Å². The lowest BCUT2D eigenvalue weighted by Crippen LogP contribution is -2.35. The fourth-order valence-electron chi connectivity index (χ4n) is 4.66. The maximum Gasteiger partial charge on any atom is 0.213 e. The lowest BCUT2D eigenvalue weighted by molar-refractivity contribution is -0.662. The number of nitrogens with zero attached hydrogens (tertiary/aromatic N) is 1. The maximum atomic E-state index is 11.8. The summed E-state index contributed by atoms with van der Waals surface area (Å²) in [5, 5.41) is 0.980. The number of benzene rings is 3. The van der Waals surface area contributed by atoms with Gasteiger partial charge in [-0.1, -0.05) is 48.6 Å². The van der Waals surface area contributed by atoms with Gasteiger partial charge in [0.05, 0.1) is 49.9 Å². The Bertz CT molecular complexity index is 1640.